The Morgan fingerprint density at radius 2 is 1.59 bits per heavy atom. The van der Waals surface area contributed by atoms with Crippen molar-refractivity contribution in [3.05, 3.63) is 66.5 Å². The molecule has 2 amide bonds. The first kappa shape index (κ1) is 19.8. The summed E-state index contributed by atoms with van der Waals surface area (Å²) in [5.41, 5.74) is 2.36. The molecule has 0 radical (unpaired) electrons. The van der Waals surface area contributed by atoms with Crippen LogP contribution in [0.5, 0.6) is 5.75 Å². The molecular weight excluding hydrogens is 370 g/mol. The van der Waals surface area contributed by atoms with Crippen molar-refractivity contribution in [2.45, 2.75) is 13.8 Å². The van der Waals surface area contributed by atoms with Crippen LogP contribution in [0.1, 0.15) is 24.2 Å². The SMILES string of the molecule is CCOc1ccccc1NC(=O)c1cnc(Nc2ccc(NC(C)=O)cc2)nc1. The van der Waals surface area contributed by atoms with Gasteiger partial charge in [0.15, 0.2) is 0 Å². The highest BCUT2D eigenvalue weighted by Crippen LogP contribution is 2.24. The van der Waals surface area contributed by atoms with Gasteiger partial charge in [-0.15, -0.1) is 0 Å². The largest absolute Gasteiger partial charge is 0.492 e. The van der Waals surface area contributed by atoms with Crippen LogP contribution in [0.15, 0.2) is 60.9 Å². The van der Waals surface area contributed by atoms with Crippen LogP contribution in [0, 0.1) is 0 Å². The minimum Gasteiger partial charge on any atom is -0.492 e. The van der Waals surface area contributed by atoms with Crippen molar-refractivity contribution >= 4 is 34.8 Å². The van der Waals surface area contributed by atoms with E-state index in [0.717, 1.165) is 5.69 Å². The molecule has 0 unspecified atom stereocenters. The van der Waals surface area contributed by atoms with E-state index in [4.69, 9.17) is 4.74 Å². The molecule has 0 spiro atoms. The van der Waals surface area contributed by atoms with Crippen molar-refractivity contribution in [2.24, 2.45) is 0 Å². The van der Waals surface area contributed by atoms with Crippen LogP contribution < -0.4 is 20.7 Å². The number of nitrogens with zero attached hydrogens (tertiary/aromatic N) is 2. The zero-order chi connectivity index (χ0) is 20.6. The van der Waals surface area contributed by atoms with Gasteiger partial charge >= 0.3 is 0 Å². The van der Waals surface area contributed by atoms with E-state index >= 15 is 0 Å². The first-order chi connectivity index (χ1) is 14.0. The Morgan fingerprint density at radius 1 is 0.931 bits per heavy atom. The van der Waals surface area contributed by atoms with Gasteiger partial charge in [0, 0.05) is 30.7 Å². The van der Waals surface area contributed by atoms with Crippen LogP contribution in [0.4, 0.5) is 23.0 Å². The zero-order valence-electron chi connectivity index (χ0n) is 16.1. The van der Waals surface area contributed by atoms with Gasteiger partial charge in [0.25, 0.3) is 5.91 Å². The summed E-state index contributed by atoms with van der Waals surface area (Å²) in [5.74, 6) is 0.490. The van der Waals surface area contributed by atoms with Crippen LogP contribution >= 0.6 is 0 Å². The van der Waals surface area contributed by atoms with Crippen molar-refractivity contribution in [1.82, 2.24) is 9.97 Å². The molecule has 8 heteroatoms. The number of rotatable bonds is 7. The smallest absolute Gasteiger partial charge is 0.258 e. The Morgan fingerprint density at radius 3 is 2.24 bits per heavy atom. The topological polar surface area (TPSA) is 105 Å². The number of hydrogen-bond acceptors (Lipinski definition) is 6. The predicted molar refractivity (Wildman–Crippen MR) is 112 cm³/mol. The Hall–Kier alpha value is -3.94. The van der Waals surface area contributed by atoms with Crippen LogP contribution in [-0.2, 0) is 4.79 Å². The molecule has 29 heavy (non-hydrogen) atoms. The molecule has 0 aliphatic carbocycles. The minimum atomic E-state index is -0.330. The van der Waals surface area contributed by atoms with Crippen molar-refractivity contribution in [3.8, 4) is 5.75 Å². The fraction of sp³-hybridized carbons (Fsp3) is 0.143. The van der Waals surface area contributed by atoms with E-state index < -0.39 is 0 Å². The van der Waals surface area contributed by atoms with E-state index in [-0.39, 0.29) is 11.8 Å². The van der Waals surface area contributed by atoms with E-state index in [2.05, 4.69) is 25.9 Å². The van der Waals surface area contributed by atoms with E-state index in [9.17, 15) is 9.59 Å². The molecule has 8 nitrogen and oxygen atoms in total. The van der Waals surface area contributed by atoms with Gasteiger partial charge in [0.2, 0.25) is 11.9 Å². The zero-order valence-corrected chi connectivity index (χ0v) is 16.1. The first-order valence-electron chi connectivity index (χ1n) is 9.05. The summed E-state index contributed by atoms with van der Waals surface area (Å²) in [5, 5.41) is 8.54. The third-order valence-electron chi connectivity index (χ3n) is 3.81. The summed E-state index contributed by atoms with van der Waals surface area (Å²) in [6, 6.07) is 14.3. The van der Waals surface area contributed by atoms with Crippen molar-refractivity contribution in [1.29, 1.82) is 0 Å². The molecule has 0 fully saturated rings. The van der Waals surface area contributed by atoms with Crippen molar-refractivity contribution < 1.29 is 14.3 Å². The highest BCUT2D eigenvalue weighted by Gasteiger charge is 2.11. The maximum absolute atomic E-state index is 12.5. The number of hydrogen-bond donors (Lipinski definition) is 3. The third-order valence-corrected chi connectivity index (χ3v) is 3.81. The molecule has 3 rings (SSSR count). The van der Waals surface area contributed by atoms with Crippen molar-refractivity contribution in [3.63, 3.8) is 0 Å². The summed E-state index contributed by atoms with van der Waals surface area (Å²) in [6.45, 7) is 3.83. The van der Waals surface area contributed by atoms with Gasteiger partial charge in [-0.25, -0.2) is 9.97 Å². The molecule has 148 valence electrons. The monoisotopic (exact) mass is 391 g/mol. The summed E-state index contributed by atoms with van der Waals surface area (Å²) in [6.07, 6.45) is 2.89. The van der Waals surface area contributed by atoms with E-state index in [1.807, 2.05) is 19.1 Å². The fourth-order valence-corrected chi connectivity index (χ4v) is 2.52. The summed E-state index contributed by atoms with van der Waals surface area (Å²) in [4.78, 5) is 31.9. The maximum atomic E-state index is 12.5. The van der Waals surface area contributed by atoms with Crippen LogP contribution in [0.25, 0.3) is 0 Å². The van der Waals surface area contributed by atoms with E-state index in [0.29, 0.717) is 35.2 Å². The molecule has 0 aliphatic rings. The quantitative estimate of drug-likeness (QED) is 0.565. The Bertz CT molecular complexity index is 988. The number of carbonyl (C=O) groups is 2. The maximum Gasteiger partial charge on any atom is 0.258 e. The standard InChI is InChI=1S/C21H21N5O3/c1-3-29-19-7-5-4-6-18(19)26-20(28)15-12-22-21(23-13-15)25-17-10-8-16(9-11-17)24-14(2)27/h4-13H,3H2,1-2H3,(H,24,27)(H,26,28)(H,22,23,25). The Kier molecular flexibility index (Phi) is 6.36. The van der Waals surface area contributed by atoms with Crippen LogP contribution in [0.3, 0.4) is 0 Å². The lowest BCUT2D eigenvalue weighted by molar-refractivity contribution is -0.114. The molecule has 1 heterocycles. The summed E-state index contributed by atoms with van der Waals surface area (Å²) < 4.78 is 5.51. The number of amides is 2. The molecule has 0 atom stereocenters. The van der Waals surface area contributed by atoms with Gasteiger partial charge in [-0.1, -0.05) is 12.1 Å². The van der Waals surface area contributed by atoms with Gasteiger partial charge < -0.3 is 20.7 Å². The number of para-hydroxylation sites is 2. The lowest BCUT2D eigenvalue weighted by atomic mass is 10.2. The van der Waals surface area contributed by atoms with E-state index in [1.54, 1.807) is 36.4 Å². The highest BCUT2D eigenvalue weighted by atomic mass is 16.5. The predicted octanol–water partition coefficient (Wildman–Crippen LogP) is 3.83. The lowest BCUT2D eigenvalue weighted by Crippen LogP contribution is -2.14. The second-order valence-electron chi connectivity index (χ2n) is 6.06. The molecule has 0 bridgehead atoms. The average molecular weight is 391 g/mol. The number of ether oxygens (including phenoxy) is 1. The Balaban J connectivity index is 1.64. The number of aromatic nitrogens is 2. The molecule has 0 aliphatic heterocycles. The molecule has 3 aromatic rings. The normalized spacial score (nSPS) is 10.1. The Labute approximate surface area is 168 Å². The van der Waals surface area contributed by atoms with Gasteiger partial charge in [-0.2, -0.15) is 0 Å². The van der Waals surface area contributed by atoms with Gasteiger partial charge in [0.05, 0.1) is 17.9 Å². The fourth-order valence-electron chi connectivity index (χ4n) is 2.52. The number of nitrogens with one attached hydrogen (secondary N) is 3. The number of carbonyl (C=O) groups excluding carboxylic acids is 2. The number of anilines is 4. The minimum absolute atomic E-state index is 0.133. The summed E-state index contributed by atoms with van der Waals surface area (Å²) >= 11 is 0. The molecule has 0 saturated carbocycles. The molecular formula is C21H21N5O3. The lowest BCUT2D eigenvalue weighted by Gasteiger charge is -2.11. The van der Waals surface area contributed by atoms with Gasteiger partial charge in [-0.3, -0.25) is 9.59 Å². The van der Waals surface area contributed by atoms with Gasteiger partial charge in [0.1, 0.15) is 5.75 Å². The molecule has 0 saturated heterocycles. The second-order valence-corrected chi connectivity index (χ2v) is 6.06. The summed E-state index contributed by atoms with van der Waals surface area (Å²) in [7, 11) is 0. The van der Waals surface area contributed by atoms with Crippen molar-refractivity contribution in [2.75, 3.05) is 22.6 Å². The highest BCUT2D eigenvalue weighted by molar-refractivity contribution is 6.04. The molecule has 2 aromatic carbocycles. The third kappa shape index (κ3) is 5.52. The van der Waals surface area contributed by atoms with Crippen LogP contribution in [0.2, 0.25) is 0 Å². The average Bonchev–Trinajstić information content (AvgIpc) is 2.71. The number of benzene rings is 2. The van der Waals surface area contributed by atoms with Gasteiger partial charge in [-0.05, 0) is 43.3 Å². The second kappa shape index (κ2) is 9.32. The van der Waals surface area contributed by atoms with Crippen LogP contribution in [-0.4, -0.2) is 28.4 Å². The van der Waals surface area contributed by atoms with E-state index in [1.165, 1.54) is 19.3 Å². The molecule has 3 N–H and O–H groups in total. The first-order valence-corrected chi connectivity index (χ1v) is 9.05. The molecule has 1 aromatic heterocycles.